The zero-order valence-electron chi connectivity index (χ0n) is 15.9. The van der Waals surface area contributed by atoms with Crippen LogP contribution in [0, 0.1) is 13.8 Å². The van der Waals surface area contributed by atoms with Gasteiger partial charge in [-0.3, -0.25) is 14.7 Å². The van der Waals surface area contributed by atoms with Crippen molar-refractivity contribution in [3.8, 4) is 0 Å². The standard InChI is InChI=1S/C23H21N3OS/c1-16-11-12-17(2)22-21(16)25-23(28-22)26(15-19-10-6-7-13-24-19)20(27)14-18-8-4-3-5-9-18/h3-13H,14-15H2,1-2H3. The molecule has 4 aromatic rings. The number of anilines is 1. The fraction of sp³-hybridized carbons (Fsp3) is 0.174. The Morgan fingerprint density at radius 1 is 0.964 bits per heavy atom. The Hall–Kier alpha value is -3.05. The number of nitrogens with zero attached hydrogens (tertiary/aromatic N) is 3. The van der Waals surface area contributed by atoms with Gasteiger partial charge in [-0.1, -0.05) is 59.9 Å². The Kier molecular flexibility index (Phi) is 5.17. The summed E-state index contributed by atoms with van der Waals surface area (Å²) in [6.07, 6.45) is 2.09. The van der Waals surface area contributed by atoms with Crippen LogP contribution in [0.25, 0.3) is 10.2 Å². The van der Waals surface area contributed by atoms with Crippen LogP contribution in [0.4, 0.5) is 5.13 Å². The first kappa shape index (κ1) is 18.3. The number of hydrogen-bond acceptors (Lipinski definition) is 4. The summed E-state index contributed by atoms with van der Waals surface area (Å²) in [7, 11) is 0. The van der Waals surface area contributed by atoms with Crippen molar-refractivity contribution in [2.75, 3.05) is 4.90 Å². The second kappa shape index (κ2) is 7.90. The van der Waals surface area contributed by atoms with Crippen molar-refractivity contribution in [1.82, 2.24) is 9.97 Å². The van der Waals surface area contributed by atoms with Gasteiger partial charge in [-0.2, -0.15) is 0 Å². The van der Waals surface area contributed by atoms with Crippen LogP contribution in [-0.4, -0.2) is 15.9 Å². The highest BCUT2D eigenvalue weighted by Gasteiger charge is 2.22. The van der Waals surface area contributed by atoms with Crippen LogP contribution in [0.15, 0.2) is 66.9 Å². The molecule has 0 saturated heterocycles. The van der Waals surface area contributed by atoms with Gasteiger partial charge in [0, 0.05) is 6.20 Å². The average molecular weight is 388 g/mol. The molecule has 2 aromatic carbocycles. The van der Waals surface area contributed by atoms with Gasteiger partial charge < -0.3 is 0 Å². The van der Waals surface area contributed by atoms with Crippen LogP contribution in [-0.2, 0) is 17.8 Å². The third-order valence-corrected chi connectivity index (χ3v) is 5.92. The van der Waals surface area contributed by atoms with Crippen molar-refractivity contribution in [3.63, 3.8) is 0 Å². The molecule has 0 fully saturated rings. The molecule has 4 nitrogen and oxygen atoms in total. The molecule has 140 valence electrons. The van der Waals surface area contributed by atoms with Crippen molar-refractivity contribution in [2.45, 2.75) is 26.8 Å². The third kappa shape index (κ3) is 3.80. The number of thiazole rings is 1. The van der Waals surface area contributed by atoms with E-state index in [0.29, 0.717) is 13.0 Å². The first-order chi connectivity index (χ1) is 13.6. The first-order valence-corrected chi connectivity index (χ1v) is 10.0. The third-order valence-electron chi connectivity index (χ3n) is 4.71. The maximum absolute atomic E-state index is 13.2. The summed E-state index contributed by atoms with van der Waals surface area (Å²) in [5.74, 6) is 0.0196. The molecule has 0 spiro atoms. The quantitative estimate of drug-likeness (QED) is 0.479. The largest absolute Gasteiger partial charge is 0.282 e. The molecule has 4 rings (SSSR count). The lowest BCUT2D eigenvalue weighted by atomic mass is 10.1. The predicted octanol–water partition coefficient (Wildman–Crippen LogP) is 5.08. The van der Waals surface area contributed by atoms with Crippen LogP contribution in [0.2, 0.25) is 0 Å². The number of benzene rings is 2. The normalized spacial score (nSPS) is 10.9. The molecule has 0 N–H and O–H groups in total. The van der Waals surface area contributed by atoms with Gasteiger partial charge in [-0.25, -0.2) is 4.98 Å². The highest BCUT2D eigenvalue weighted by Crippen LogP contribution is 2.34. The monoisotopic (exact) mass is 387 g/mol. The SMILES string of the molecule is Cc1ccc(C)c2sc(N(Cc3ccccn3)C(=O)Cc3ccccc3)nc12. The molecule has 28 heavy (non-hydrogen) atoms. The molecule has 0 aliphatic rings. The molecular formula is C23H21N3OS. The van der Waals surface area contributed by atoms with Gasteiger partial charge in [0.25, 0.3) is 0 Å². The highest BCUT2D eigenvalue weighted by atomic mass is 32.1. The minimum Gasteiger partial charge on any atom is -0.282 e. The van der Waals surface area contributed by atoms with E-state index >= 15 is 0 Å². The van der Waals surface area contributed by atoms with Gasteiger partial charge in [0.15, 0.2) is 5.13 Å². The van der Waals surface area contributed by atoms with E-state index in [1.165, 1.54) is 5.56 Å². The highest BCUT2D eigenvalue weighted by molar-refractivity contribution is 7.22. The summed E-state index contributed by atoms with van der Waals surface area (Å²) in [6, 6.07) is 19.8. The van der Waals surface area contributed by atoms with Gasteiger partial charge in [0.1, 0.15) is 0 Å². The van der Waals surface area contributed by atoms with Gasteiger partial charge in [0.05, 0.1) is 28.9 Å². The van der Waals surface area contributed by atoms with Gasteiger partial charge in [-0.15, -0.1) is 0 Å². The number of fused-ring (bicyclic) bond motifs is 1. The number of aromatic nitrogens is 2. The van der Waals surface area contributed by atoms with E-state index in [2.05, 4.69) is 31.0 Å². The fourth-order valence-corrected chi connectivity index (χ4v) is 4.27. The predicted molar refractivity (Wildman–Crippen MR) is 115 cm³/mol. The number of carbonyl (C=O) groups is 1. The molecule has 0 aliphatic heterocycles. The Labute approximate surface area is 168 Å². The molecule has 0 saturated carbocycles. The number of aryl methyl sites for hydroxylation is 2. The summed E-state index contributed by atoms with van der Waals surface area (Å²) in [6.45, 7) is 4.54. The summed E-state index contributed by atoms with van der Waals surface area (Å²) < 4.78 is 1.13. The Bertz CT molecular complexity index is 1070. The summed E-state index contributed by atoms with van der Waals surface area (Å²) in [5, 5.41) is 0.721. The van der Waals surface area contributed by atoms with E-state index in [1.807, 2.05) is 48.5 Å². The Morgan fingerprint density at radius 2 is 1.71 bits per heavy atom. The number of carbonyl (C=O) groups excluding carboxylic acids is 1. The van der Waals surface area contributed by atoms with Crippen LogP contribution in [0.3, 0.4) is 0 Å². The summed E-state index contributed by atoms with van der Waals surface area (Å²) in [5.41, 5.74) is 5.11. The van der Waals surface area contributed by atoms with Crippen molar-refractivity contribution in [3.05, 3.63) is 89.2 Å². The summed E-state index contributed by atoms with van der Waals surface area (Å²) >= 11 is 1.57. The average Bonchev–Trinajstić information content (AvgIpc) is 3.17. The van der Waals surface area contributed by atoms with Crippen LogP contribution in [0.5, 0.6) is 0 Å². The lowest BCUT2D eigenvalue weighted by Gasteiger charge is -2.19. The van der Waals surface area contributed by atoms with Gasteiger partial charge >= 0.3 is 0 Å². The van der Waals surface area contributed by atoms with Crippen LogP contribution in [0.1, 0.15) is 22.4 Å². The zero-order chi connectivity index (χ0) is 19.5. The van der Waals surface area contributed by atoms with E-state index < -0.39 is 0 Å². The number of pyridine rings is 1. The first-order valence-electron chi connectivity index (χ1n) is 9.23. The van der Waals surface area contributed by atoms with E-state index in [9.17, 15) is 4.79 Å². The van der Waals surface area contributed by atoms with Crippen LogP contribution < -0.4 is 4.90 Å². The Balaban J connectivity index is 1.73. The van der Waals surface area contributed by atoms with Crippen LogP contribution >= 0.6 is 11.3 Å². The van der Waals surface area contributed by atoms with Gasteiger partial charge in [0.2, 0.25) is 5.91 Å². The lowest BCUT2D eigenvalue weighted by Crippen LogP contribution is -2.32. The van der Waals surface area contributed by atoms with Crippen molar-refractivity contribution < 1.29 is 4.79 Å². The molecular weight excluding hydrogens is 366 g/mol. The number of amides is 1. The van der Waals surface area contributed by atoms with E-state index in [1.54, 1.807) is 22.4 Å². The molecule has 0 bridgehead atoms. The topological polar surface area (TPSA) is 46.1 Å². The maximum atomic E-state index is 13.2. The van der Waals surface area contributed by atoms with E-state index in [-0.39, 0.29) is 5.91 Å². The van der Waals surface area contributed by atoms with Crippen molar-refractivity contribution in [1.29, 1.82) is 0 Å². The maximum Gasteiger partial charge on any atom is 0.233 e. The zero-order valence-corrected chi connectivity index (χ0v) is 16.7. The van der Waals surface area contributed by atoms with E-state index in [0.717, 1.165) is 32.2 Å². The second-order valence-corrected chi connectivity index (χ2v) is 7.81. The molecule has 2 aromatic heterocycles. The van der Waals surface area contributed by atoms with Crippen molar-refractivity contribution >= 4 is 32.6 Å². The minimum atomic E-state index is 0.0196. The molecule has 1 amide bonds. The minimum absolute atomic E-state index is 0.0196. The summed E-state index contributed by atoms with van der Waals surface area (Å²) in [4.78, 5) is 24.2. The molecule has 2 heterocycles. The number of hydrogen-bond donors (Lipinski definition) is 0. The second-order valence-electron chi connectivity index (χ2n) is 6.84. The number of rotatable bonds is 5. The molecule has 5 heteroatoms. The lowest BCUT2D eigenvalue weighted by molar-refractivity contribution is -0.118. The molecule has 0 unspecified atom stereocenters. The van der Waals surface area contributed by atoms with Crippen molar-refractivity contribution in [2.24, 2.45) is 0 Å². The Morgan fingerprint density at radius 3 is 2.43 bits per heavy atom. The molecule has 0 aliphatic carbocycles. The molecule has 0 radical (unpaired) electrons. The fourth-order valence-electron chi connectivity index (χ4n) is 3.15. The smallest absolute Gasteiger partial charge is 0.233 e. The van der Waals surface area contributed by atoms with Gasteiger partial charge in [-0.05, 0) is 42.7 Å². The molecule has 0 atom stereocenters. The van der Waals surface area contributed by atoms with E-state index in [4.69, 9.17) is 4.98 Å².